The molecule has 0 aromatic heterocycles. The quantitative estimate of drug-likeness (QED) is 0.723. The second-order valence-electron chi connectivity index (χ2n) is 3.70. The van der Waals surface area contributed by atoms with E-state index >= 15 is 0 Å². The lowest BCUT2D eigenvalue weighted by molar-refractivity contribution is -0.126. The summed E-state index contributed by atoms with van der Waals surface area (Å²) in [6.07, 6.45) is 2.76. The highest BCUT2D eigenvalue weighted by Gasteiger charge is 2.27. The van der Waals surface area contributed by atoms with Gasteiger partial charge in [-0.25, -0.2) is 0 Å². The number of carbonyl (C=O) groups excluding carboxylic acids is 1. The van der Waals surface area contributed by atoms with Crippen LogP contribution >= 0.6 is 11.8 Å². The van der Waals surface area contributed by atoms with Crippen molar-refractivity contribution in [3.05, 3.63) is 0 Å². The third-order valence-electron chi connectivity index (χ3n) is 2.28. The summed E-state index contributed by atoms with van der Waals surface area (Å²) in [6, 6.07) is 0.860. The van der Waals surface area contributed by atoms with Crippen molar-refractivity contribution in [1.82, 2.24) is 10.2 Å². The van der Waals surface area contributed by atoms with Crippen LogP contribution in [-0.2, 0) is 4.79 Å². The van der Waals surface area contributed by atoms with Crippen molar-refractivity contribution in [3.8, 4) is 0 Å². The van der Waals surface area contributed by atoms with Gasteiger partial charge in [0.25, 0.3) is 0 Å². The largest absolute Gasteiger partial charge is 0.344 e. The lowest BCUT2D eigenvalue weighted by Gasteiger charge is -2.17. The molecule has 13 heavy (non-hydrogen) atoms. The molecule has 76 valence electrons. The molecule has 1 rings (SSSR count). The van der Waals surface area contributed by atoms with Gasteiger partial charge < -0.3 is 10.2 Å². The number of carbonyl (C=O) groups is 1. The standard InChI is InChI=1S/C9H18N2OS/c1-7(6-13-3)10-8-4-9(12)11(2)5-8/h7-8,10H,4-6H2,1-3H3. The first-order valence-corrected chi connectivity index (χ1v) is 6.01. The molecule has 0 aromatic carbocycles. The Morgan fingerprint density at radius 3 is 2.92 bits per heavy atom. The highest BCUT2D eigenvalue weighted by Crippen LogP contribution is 2.09. The number of hydrogen-bond donors (Lipinski definition) is 1. The Labute approximate surface area is 84.2 Å². The van der Waals surface area contributed by atoms with Crippen molar-refractivity contribution in [2.75, 3.05) is 25.6 Å². The van der Waals surface area contributed by atoms with Crippen LogP contribution in [-0.4, -0.2) is 48.5 Å². The first-order valence-electron chi connectivity index (χ1n) is 4.62. The van der Waals surface area contributed by atoms with Gasteiger partial charge in [0, 0.05) is 37.8 Å². The monoisotopic (exact) mass is 202 g/mol. The fourth-order valence-corrected chi connectivity index (χ4v) is 2.27. The van der Waals surface area contributed by atoms with E-state index in [1.165, 1.54) is 0 Å². The van der Waals surface area contributed by atoms with Gasteiger partial charge in [-0.3, -0.25) is 4.79 Å². The van der Waals surface area contributed by atoms with E-state index in [1.54, 1.807) is 4.90 Å². The summed E-state index contributed by atoms with van der Waals surface area (Å²) < 4.78 is 0. The van der Waals surface area contributed by atoms with Crippen LogP contribution in [0.1, 0.15) is 13.3 Å². The zero-order valence-electron chi connectivity index (χ0n) is 8.54. The van der Waals surface area contributed by atoms with Crippen molar-refractivity contribution in [2.45, 2.75) is 25.4 Å². The molecule has 0 radical (unpaired) electrons. The lowest BCUT2D eigenvalue weighted by Crippen LogP contribution is -2.39. The summed E-state index contributed by atoms with van der Waals surface area (Å²) in [5.41, 5.74) is 0. The molecule has 2 atom stereocenters. The third kappa shape index (κ3) is 3.19. The molecule has 1 saturated heterocycles. The Bertz CT molecular complexity index is 186. The van der Waals surface area contributed by atoms with E-state index in [2.05, 4.69) is 18.5 Å². The van der Waals surface area contributed by atoms with E-state index in [1.807, 2.05) is 18.8 Å². The minimum Gasteiger partial charge on any atom is -0.344 e. The summed E-state index contributed by atoms with van der Waals surface area (Å²) in [6.45, 7) is 3.02. The van der Waals surface area contributed by atoms with E-state index in [-0.39, 0.29) is 5.91 Å². The topological polar surface area (TPSA) is 32.3 Å². The number of hydrogen-bond acceptors (Lipinski definition) is 3. The van der Waals surface area contributed by atoms with E-state index in [4.69, 9.17) is 0 Å². The van der Waals surface area contributed by atoms with Crippen molar-refractivity contribution in [2.24, 2.45) is 0 Å². The first kappa shape index (κ1) is 10.9. The molecule has 1 fully saturated rings. The van der Waals surface area contributed by atoms with Gasteiger partial charge in [0.1, 0.15) is 0 Å². The smallest absolute Gasteiger partial charge is 0.224 e. The highest BCUT2D eigenvalue weighted by atomic mass is 32.2. The average Bonchev–Trinajstić information content (AvgIpc) is 2.31. The van der Waals surface area contributed by atoms with Gasteiger partial charge in [-0.15, -0.1) is 0 Å². The molecule has 2 unspecified atom stereocenters. The summed E-state index contributed by atoms with van der Waals surface area (Å²) in [5.74, 6) is 1.36. The Balaban J connectivity index is 2.27. The second-order valence-corrected chi connectivity index (χ2v) is 4.61. The van der Waals surface area contributed by atoms with E-state index < -0.39 is 0 Å². The molecular weight excluding hydrogens is 184 g/mol. The Morgan fingerprint density at radius 2 is 2.46 bits per heavy atom. The van der Waals surface area contributed by atoms with Gasteiger partial charge in [-0.05, 0) is 13.2 Å². The maximum absolute atomic E-state index is 11.2. The summed E-state index contributed by atoms with van der Waals surface area (Å²) in [5, 5.41) is 3.46. The highest BCUT2D eigenvalue weighted by molar-refractivity contribution is 7.98. The zero-order valence-corrected chi connectivity index (χ0v) is 9.36. The SMILES string of the molecule is CSCC(C)NC1CC(=O)N(C)C1. The summed E-state index contributed by atoms with van der Waals surface area (Å²) >= 11 is 1.83. The molecule has 1 heterocycles. The Kier molecular flexibility index (Phi) is 4.06. The summed E-state index contributed by atoms with van der Waals surface area (Å²) in [7, 11) is 1.86. The van der Waals surface area contributed by atoms with Gasteiger partial charge in [0.15, 0.2) is 0 Å². The maximum atomic E-state index is 11.2. The predicted octanol–water partition coefficient (Wildman–Crippen LogP) is 0.558. The molecule has 1 aliphatic heterocycles. The summed E-state index contributed by atoms with van der Waals surface area (Å²) in [4.78, 5) is 13.0. The van der Waals surface area contributed by atoms with Crippen LogP contribution in [0.3, 0.4) is 0 Å². The minimum absolute atomic E-state index is 0.258. The first-order chi connectivity index (χ1) is 6.13. The van der Waals surface area contributed by atoms with Crippen LogP contribution in [0.2, 0.25) is 0 Å². The second kappa shape index (κ2) is 4.86. The number of rotatable bonds is 4. The van der Waals surface area contributed by atoms with Crippen LogP contribution < -0.4 is 5.32 Å². The molecule has 1 amide bonds. The Hall–Kier alpha value is -0.220. The van der Waals surface area contributed by atoms with Crippen LogP contribution in [0.15, 0.2) is 0 Å². The van der Waals surface area contributed by atoms with Crippen LogP contribution in [0, 0.1) is 0 Å². The van der Waals surface area contributed by atoms with Gasteiger partial charge >= 0.3 is 0 Å². The lowest BCUT2D eigenvalue weighted by atomic mass is 10.2. The molecule has 4 heteroatoms. The zero-order chi connectivity index (χ0) is 9.84. The number of amides is 1. The fraction of sp³-hybridized carbons (Fsp3) is 0.889. The molecule has 1 aliphatic rings. The molecule has 0 bridgehead atoms. The number of likely N-dealkylation sites (N-methyl/N-ethyl adjacent to an activating group) is 1. The van der Waals surface area contributed by atoms with E-state index in [9.17, 15) is 4.79 Å². The van der Waals surface area contributed by atoms with Crippen LogP contribution in [0.4, 0.5) is 0 Å². The molecular formula is C9H18N2OS. The van der Waals surface area contributed by atoms with Gasteiger partial charge in [-0.1, -0.05) is 0 Å². The van der Waals surface area contributed by atoms with Gasteiger partial charge in [0.2, 0.25) is 5.91 Å². The number of thioether (sulfide) groups is 1. The number of nitrogens with one attached hydrogen (secondary N) is 1. The molecule has 1 N–H and O–H groups in total. The molecule has 0 saturated carbocycles. The predicted molar refractivity (Wildman–Crippen MR) is 57.0 cm³/mol. The Morgan fingerprint density at radius 1 is 1.77 bits per heavy atom. The fourth-order valence-electron chi connectivity index (χ4n) is 1.68. The van der Waals surface area contributed by atoms with Crippen molar-refractivity contribution in [1.29, 1.82) is 0 Å². The number of nitrogens with zero attached hydrogens (tertiary/aromatic N) is 1. The molecule has 0 spiro atoms. The van der Waals surface area contributed by atoms with Crippen molar-refractivity contribution < 1.29 is 4.79 Å². The third-order valence-corrected chi connectivity index (χ3v) is 3.11. The maximum Gasteiger partial charge on any atom is 0.224 e. The molecule has 0 aromatic rings. The molecule has 0 aliphatic carbocycles. The molecule has 3 nitrogen and oxygen atoms in total. The van der Waals surface area contributed by atoms with Crippen molar-refractivity contribution >= 4 is 17.7 Å². The van der Waals surface area contributed by atoms with Gasteiger partial charge in [0.05, 0.1) is 0 Å². The minimum atomic E-state index is 0.258. The van der Waals surface area contributed by atoms with E-state index in [0.717, 1.165) is 12.3 Å². The van der Waals surface area contributed by atoms with Crippen molar-refractivity contribution in [3.63, 3.8) is 0 Å². The van der Waals surface area contributed by atoms with Crippen LogP contribution in [0.25, 0.3) is 0 Å². The van der Waals surface area contributed by atoms with E-state index in [0.29, 0.717) is 18.5 Å². The normalized spacial score (nSPS) is 25.3. The van der Waals surface area contributed by atoms with Crippen LogP contribution in [0.5, 0.6) is 0 Å². The number of likely N-dealkylation sites (tertiary alicyclic amines) is 1. The average molecular weight is 202 g/mol. The van der Waals surface area contributed by atoms with Gasteiger partial charge in [-0.2, -0.15) is 11.8 Å².